The van der Waals surface area contributed by atoms with Crippen molar-refractivity contribution in [3.05, 3.63) is 94.8 Å². The van der Waals surface area contributed by atoms with Gasteiger partial charge in [0.05, 0.1) is 16.8 Å². The summed E-state index contributed by atoms with van der Waals surface area (Å²) in [4.78, 5) is 23.4. The van der Waals surface area contributed by atoms with Crippen molar-refractivity contribution in [1.82, 2.24) is 19.9 Å². The molecular weight excluding hydrogens is 493 g/mol. The molecule has 8 nitrogen and oxygen atoms in total. The predicted molar refractivity (Wildman–Crippen MR) is 141 cm³/mol. The van der Waals surface area contributed by atoms with Crippen LogP contribution in [0.3, 0.4) is 0 Å². The lowest BCUT2D eigenvalue weighted by Gasteiger charge is -2.35. The first kappa shape index (κ1) is 24.8. The number of aromatic nitrogens is 3. The lowest BCUT2D eigenvalue weighted by Crippen LogP contribution is -2.47. The molecule has 0 spiro atoms. The molecule has 2 aromatic heterocycles. The van der Waals surface area contributed by atoms with Crippen molar-refractivity contribution in [3.8, 4) is 22.4 Å². The van der Waals surface area contributed by atoms with Crippen LogP contribution in [0.2, 0.25) is 0 Å². The summed E-state index contributed by atoms with van der Waals surface area (Å²) in [5.74, 6) is -0.0498. The molecule has 190 valence electrons. The van der Waals surface area contributed by atoms with Gasteiger partial charge >= 0.3 is 0 Å². The highest BCUT2D eigenvalue weighted by Gasteiger charge is 2.24. The topological polar surface area (TPSA) is 97.2 Å². The zero-order chi connectivity index (χ0) is 26.2. The van der Waals surface area contributed by atoms with E-state index < -0.39 is 15.7 Å². The number of hydrogen-bond donors (Lipinski definition) is 1. The van der Waals surface area contributed by atoms with Crippen LogP contribution in [-0.2, 0) is 16.9 Å². The summed E-state index contributed by atoms with van der Waals surface area (Å²) in [6, 6.07) is 17.8. The number of rotatable bonds is 5. The first-order valence-electron chi connectivity index (χ1n) is 11.8. The molecule has 1 N–H and O–H groups in total. The third kappa shape index (κ3) is 5.16. The van der Waals surface area contributed by atoms with Crippen LogP contribution in [0, 0.1) is 5.82 Å². The van der Waals surface area contributed by atoms with E-state index in [-0.39, 0.29) is 27.8 Å². The molecule has 0 aliphatic carbocycles. The molecule has 1 aliphatic rings. The van der Waals surface area contributed by atoms with Crippen molar-refractivity contribution in [3.63, 3.8) is 0 Å². The third-order valence-corrected chi connectivity index (χ3v) is 7.68. The van der Waals surface area contributed by atoms with E-state index in [1.165, 1.54) is 29.2 Å². The van der Waals surface area contributed by atoms with Gasteiger partial charge in [0.15, 0.2) is 15.7 Å². The maximum Gasteiger partial charge on any atom is 0.255 e. The average Bonchev–Trinajstić information content (AvgIpc) is 2.90. The van der Waals surface area contributed by atoms with Crippen molar-refractivity contribution >= 4 is 15.8 Å². The van der Waals surface area contributed by atoms with Gasteiger partial charge in [0.1, 0.15) is 0 Å². The Bertz CT molecular complexity index is 1600. The number of sulfone groups is 1. The minimum absolute atomic E-state index is 0.00590. The Morgan fingerprint density at radius 1 is 1.03 bits per heavy atom. The van der Waals surface area contributed by atoms with E-state index >= 15 is 0 Å². The lowest BCUT2D eigenvalue weighted by molar-refractivity contribution is 0.462. The van der Waals surface area contributed by atoms with E-state index in [1.807, 2.05) is 29.2 Å². The second kappa shape index (κ2) is 9.87. The van der Waals surface area contributed by atoms with Crippen LogP contribution >= 0.6 is 0 Å². The number of nitrogens with zero attached hydrogens (tertiary/aromatic N) is 4. The van der Waals surface area contributed by atoms with Crippen molar-refractivity contribution in [2.24, 2.45) is 7.05 Å². The lowest BCUT2D eigenvalue weighted by atomic mass is 9.99. The highest BCUT2D eigenvalue weighted by Crippen LogP contribution is 2.27. The summed E-state index contributed by atoms with van der Waals surface area (Å²) in [5, 5.41) is 3.52. The maximum atomic E-state index is 14.3. The molecule has 2 aromatic carbocycles. The molecule has 5 rings (SSSR count). The number of nitrogens with one attached hydrogen (secondary N) is 1. The molecule has 0 bridgehead atoms. The van der Waals surface area contributed by atoms with Crippen molar-refractivity contribution in [2.45, 2.75) is 10.9 Å². The molecule has 1 aliphatic heterocycles. The second-order valence-corrected chi connectivity index (χ2v) is 11.1. The Kier molecular flexibility index (Phi) is 6.61. The number of anilines is 1. The summed E-state index contributed by atoms with van der Waals surface area (Å²) in [7, 11) is -1.57. The zero-order valence-electron chi connectivity index (χ0n) is 20.4. The molecule has 0 amide bonds. The highest BCUT2D eigenvalue weighted by atomic mass is 32.2. The van der Waals surface area contributed by atoms with Gasteiger partial charge in [-0.1, -0.05) is 36.4 Å². The first-order valence-corrected chi connectivity index (χ1v) is 13.7. The summed E-state index contributed by atoms with van der Waals surface area (Å²) in [6.45, 7) is 1.90. The predicted octanol–water partition coefficient (Wildman–Crippen LogP) is 3.20. The van der Waals surface area contributed by atoms with Crippen LogP contribution in [0.25, 0.3) is 22.4 Å². The normalized spacial score (nSPS) is 16.1. The van der Waals surface area contributed by atoms with E-state index in [0.29, 0.717) is 25.6 Å². The Labute approximate surface area is 214 Å². The zero-order valence-corrected chi connectivity index (χ0v) is 21.2. The van der Waals surface area contributed by atoms with Gasteiger partial charge in [-0.2, -0.15) is 0 Å². The molecule has 3 heterocycles. The summed E-state index contributed by atoms with van der Waals surface area (Å²) in [5.41, 5.74) is 3.23. The first-order chi connectivity index (χ1) is 17.7. The molecule has 37 heavy (non-hydrogen) atoms. The van der Waals surface area contributed by atoms with Crippen LogP contribution in [0.4, 0.5) is 10.3 Å². The smallest absolute Gasteiger partial charge is 0.255 e. The highest BCUT2D eigenvalue weighted by molar-refractivity contribution is 7.90. The number of pyridine rings is 1. The summed E-state index contributed by atoms with van der Waals surface area (Å²) in [6.07, 6.45) is 3.78. The van der Waals surface area contributed by atoms with Crippen molar-refractivity contribution < 1.29 is 12.8 Å². The van der Waals surface area contributed by atoms with E-state index in [9.17, 15) is 17.6 Å². The van der Waals surface area contributed by atoms with Gasteiger partial charge in [-0.3, -0.25) is 14.3 Å². The number of hydrogen-bond acceptors (Lipinski definition) is 7. The molecule has 0 radical (unpaired) electrons. The van der Waals surface area contributed by atoms with Gasteiger partial charge in [-0.05, 0) is 34.9 Å². The molecular formula is C27H26FN5O3S. The van der Waals surface area contributed by atoms with Crippen LogP contribution in [0.15, 0.2) is 82.7 Å². The Morgan fingerprint density at radius 2 is 1.70 bits per heavy atom. The molecule has 1 fully saturated rings. The van der Waals surface area contributed by atoms with Crippen LogP contribution in [-0.4, -0.2) is 48.8 Å². The summed E-state index contributed by atoms with van der Waals surface area (Å²) < 4.78 is 39.3. The van der Waals surface area contributed by atoms with Crippen molar-refractivity contribution in [1.29, 1.82) is 0 Å². The Balaban J connectivity index is 1.38. The monoisotopic (exact) mass is 519 g/mol. The van der Waals surface area contributed by atoms with Crippen LogP contribution in [0.5, 0.6) is 0 Å². The van der Waals surface area contributed by atoms with Crippen LogP contribution < -0.4 is 15.8 Å². The molecule has 1 saturated heterocycles. The number of halogens is 1. The Morgan fingerprint density at radius 3 is 2.35 bits per heavy atom. The summed E-state index contributed by atoms with van der Waals surface area (Å²) >= 11 is 0. The minimum atomic E-state index is -3.24. The van der Waals surface area contributed by atoms with Gasteiger partial charge < -0.3 is 10.2 Å². The number of piperazine rings is 1. The molecule has 4 aromatic rings. The second-order valence-electron chi connectivity index (χ2n) is 9.07. The van der Waals surface area contributed by atoms with Gasteiger partial charge in [0, 0.05) is 56.8 Å². The van der Waals surface area contributed by atoms with Gasteiger partial charge in [0.25, 0.3) is 5.56 Å². The largest absolute Gasteiger partial charge is 0.339 e. The number of benzene rings is 2. The average molecular weight is 520 g/mol. The van der Waals surface area contributed by atoms with E-state index in [2.05, 4.69) is 15.3 Å². The van der Waals surface area contributed by atoms with Gasteiger partial charge in [-0.15, -0.1) is 0 Å². The fourth-order valence-corrected chi connectivity index (χ4v) is 5.12. The SMILES string of the molecule is Cn1c(N2CCN[C@@H](c3ccc(-c4ccc(S(C)(=O)=O)cc4)cc3)C2)nc(-c2ccncc2F)cc1=O. The molecule has 10 heteroatoms. The molecule has 1 atom stereocenters. The third-order valence-electron chi connectivity index (χ3n) is 6.55. The maximum absolute atomic E-state index is 14.3. The molecule has 0 saturated carbocycles. The Hall–Kier alpha value is -3.89. The minimum Gasteiger partial charge on any atom is -0.339 e. The fraction of sp³-hybridized carbons (Fsp3) is 0.222. The van der Waals surface area contributed by atoms with Crippen LogP contribution in [0.1, 0.15) is 11.6 Å². The standard InChI is InChI=1S/C27H26FN5O3S/c1-32-26(34)15-24(22-11-12-29-16-23(22)28)31-27(32)33-14-13-30-25(17-33)20-5-3-18(4-6-20)19-7-9-21(10-8-19)37(2,35)36/h3-12,15-16,25,30H,13-14,17H2,1-2H3/t25-/m1/s1. The molecule has 0 unspecified atom stereocenters. The van der Waals surface area contributed by atoms with Gasteiger partial charge in [-0.25, -0.2) is 17.8 Å². The fourth-order valence-electron chi connectivity index (χ4n) is 4.49. The van der Waals surface area contributed by atoms with Crippen molar-refractivity contribution in [2.75, 3.05) is 30.8 Å². The quantitative estimate of drug-likeness (QED) is 0.433. The van der Waals surface area contributed by atoms with E-state index in [1.54, 1.807) is 31.3 Å². The van der Waals surface area contributed by atoms with E-state index in [4.69, 9.17) is 0 Å². The van der Waals surface area contributed by atoms with Gasteiger partial charge in [0.2, 0.25) is 5.95 Å². The van der Waals surface area contributed by atoms with E-state index in [0.717, 1.165) is 22.9 Å².